The van der Waals surface area contributed by atoms with Gasteiger partial charge < -0.3 is 5.11 Å². The van der Waals surface area contributed by atoms with Crippen LogP contribution in [0.25, 0.3) is 0 Å². The van der Waals surface area contributed by atoms with Crippen LogP contribution in [0.3, 0.4) is 0 Å². The van der Waals surface area contributed by atoms with Crippen molar-refractivity contribution in [3.05, 3.63) is 12.7 Å². The normalized spacial score (nSPS) is 30.2. The van der Waals surface area contributed by atoms with Crippen LogP contribution in [0, 0.1) is 11.8 Å². The molecule has 1 rings (SSSR count). The van der Waals surface area contributed by atoms with Crippen molar-refractivity contribution in [1.29, 1.82) is 0 Å². The first-order valence-corrected chi connectivity index (χ1v) is 7.06. The number of rotatable bonds is 7. The average Bonchev–Trinajstić information content (AvgIpc) is 2.31. The van der Waals surface area contributed by atoms with E-state index in [4.69, 9.17) is 0 Å². The van der Waals surface area contributed by atoms with Gasteiger partial charge >= 0.3 is 0 Å². The number of hydrogen-bond donors (Lipinski definition) is 1. The quantitative estimate of drug-likeness (QED) is 0.504. The highest BCUT2D eigenvalue weighted by molar-refractivity contribution is 4.79. The topological polar surface area (TPSA) is 20.2 Å². The van der Waals surface area contributed by atoms with Crippen molar-refractivity contribution < 1.29 is 5.11 Å². The molecule has 0 saturated heterocycles. The van der Waals surface area contributed by atoms with Gasteiger partial charge in [-0.15, -0.1) is 6.58 Å². The van der Waals surface area contributed by atoms with E-state index in [1.54, 1.807) is 0 Å². The molecule has 0 aliphatic heterocycles. The highest BCUT2D eigenvalue weighted by Crippen LogP contribution is 2.34. The van der Waals surface area contributed by atoms with Crippen molar-refractivity contribution in [2.45, 2.75) is 70.8 Å². The molecule has 3 atom stereocenters. The van der Waals surface area contributed by atoms with Gasteiger partial charge in [-0.1, -0.05) is 32.3 Å². The Morgan fingerprint density at radius 1 is 1.25 bits per heavy atom. The Bertz CT molecular complexity index is 188. The summed E-state index contributed by atoms with van der Waals surface area (Å²) in [6, 6.07) is 0. The summed E-state index contributed by atoms with van der Waals surface area (Å²) in [7, 11) is 0. The summed E-state index contributed by atoms with van der Waals surface area (Å²) in [4.78, 5) is 0. The minimum absolute atomic E-state index is 0.0118. The molecule has 0 bridgehead atoms. The van der Waals surface area contributed by atoms with Crippen LogP contribution in [0.5, 0.6) is 0 Å². The van der Waals surface area contributed by atoms with Gasteiger partial charge in [0.15, 0.2) is 0 Å². The van der Waals surface area contributed by atoms with E-state index in [9.17, 15) is 5.11 Å². The van der Waals surface area contributed by atoms with Crippen LogP contribution in [0.4, 0.5) is 0 Å². The first kappa shape index (κ1) is 13.8. The van der Waals surface area contributed by atoms with Crippen molar-refractivity contribution in [3.8, 4) is 0 Å². The predicted octanol–water partition coefficient (Wildman–Crippen LogP) is 4.31. The summed E-state index contributed by atoms with van der Waals surface area (Å²) in [5, 5.41) is 9.97. The first-order chi connectivity index (χ1) is 7.77. The third-order valence-corrected chi connectivity index (χ3v) is 4.11. The Morgan fingerprint density at radius 3 is 2.75 bits per heavy atom. The highest BCUT2D eigenvalue weighted by Gasteiger charge is 2.27. The Hall–Kier alpha value is -0.300. The van der Waals surface area contributed by atoms with E-state index in [1.807, 2.05) is 6.08 Å². The third kappa shape index (κ3) is 4.69. The van der Waals surface area contributed by atoms with Crippen LogP contribution in [-0.4, -0.2) is 11.2 Å². The smallest absolute Gasteiger partial charge is 0.0568 e. The molecule has 0 spiro atoms. The second-order valence-corrected chi connectivity index (χ2v) is 5.34. The van der Waals surface area contributed by atoms with Crippen molar-refractivity contribution in [2.75, 3.05) is 0 Å². The minimum Gasteiger partial charge on any atom is -0.393 e. The van der Waals surface area contributed by atoms with Gasteiger partial charge in [-0.2, -0.15) is 0 Å². The number of unbranched alkanes of at least 4 members (excludes halogenated alkanes) is 3. The van der Waals surface area contributed by atoms with Gasteiger partial charge in [-0.05, 0) is 50.4 Å². The molecule has 0 amide bonds. The molecular weight excluding hydrogens is 196 g/mol. The van der Waals surface area contributed by atoms with E-state index >= 15 is 0 Å². The SMILES string of the molecule is C=CCCCCCC1CC(CC)CCC1O. The molecule has 1 N–H and O–H groups in total. The van der Waals surface area contributed by atoms with E-state index < -0.39 is 0 Å². The molecule has 1 nitrogen and oxygen atoms in total. The van der Waals surface area contributed by atoms with Crippen LogP contribution >= 0.6 is 0 Å². The van der Waals surface area contributed by atoms with Crippen LogP contribution in [0.15, 0.2) is 12.7 Å². The average molecular weight is 224 g/mol. The monoisotopic (exact) mass is 224 g/mol. The van der Waals surface area contributed by atoms with Gasteiger partial charge in [-0.25, -0.2) is 0 Å². The van der Waals surface area contributed by atoms with E-state index in [1.165, 1.54) is 44.9 Å². The molecule has 1 aliphatic rings. The minimum atomic E-state index is -0.0118. The third-order valence-electron chi connectivity index (χ3n) is 4.11. The van der Waals surface area contributed by atoms with Crippen molar-refractivity contribution in [3.63, 3.8) is 0 Å². The summed E-state index contributed by atoms with van der Waals surface area (Å²) < 4.78 is 0. The van der Waals surface area contributed by atoms with Gasteiger partial charge in [0.2, 0.25) is 0 Å². The summed E-state index contributed by atoms with van der Waals surface area (Å²) in [5.74, 6) is 1.46. The molecule has 1 aliphatic carbocycles. The molecule has 0 heterocycles. The van der Waals surface area contributed by atoms with Gasteiger partial charge in [0.1, 0.15) is 0 Å². The van der Waals surface area contributed by atoms with Gasteiger partial charge in [0.05, 0.1) is 6.10 Å². The molecule has 0 aromatic heterocycles. The maximum Gasteiger partial charge on any atom is 0.0568 e. The highest BCUT2D eigenvalue weighted by atomic mass is 16.3. The lowest BCUT2D eigenvalue weighted by Gasteiger charge is -2.33. The fraction of sp³-hybridized carbons (Fsp3) is 0.867. The lowest BCUT2D eigenvalue weighted by molar-refractivity contribution is 0.0417. The van der Waals surface area contributed by atoms with Gasteiger partial charge in [-0.3, -0.25) is 0 Å². The van der Waals surface area contributed by atoms with E-state index in [2.05, 4.69) is 13.5 Å². The van der Waals surface area contributed by atoms with E-state index in [-0.39, 0.29) is 6.10 Å². The Balaban J connectivity index is 2.15. The van der Waals surface area contributed by atoms with Gasteiger partial charge in [0.25, 0.3) is 0 Å². The summed E-state index contributed by atoms with van der Waals surface area (Å²) in [6.07, 6.45) is 13.0. The van der Waals surface area contributed by atoms with Crippen LogP contribution in [0.2, 0.25) is 0 Å². The van der Waals surface area contributed by atoms with E-state index in [0.29, 0.717) is 5.92 Å². The number of allylic oxidation sites excluding steroid dienone is 1. The van der Waals surface area contributed by atoms with Crippen LogP contribution < -0.4 is 0 Å². The zero-order valence-electron chi connectivity index (χ0n) is 10.8. The van der Waals surface area contributed by atoms with Crippen LogP contribution in [-0.2, 0) is 0 Å². The Labute approximate surface area is 101 Å². The lowest BCUT2D eigenvalue weighted by atomic mass is 9.76. The maximum absolute atomic E-state index is 9.97. The predicted molar refractivity (Wildman–Crippen MR) is 70.4 cm³/mol. The van der Waals surface area contributed by atoms with Crippen molar-refractivity contribution in [2.24, 2.45) is 11.8 Å². The number of aliphatic hydroxyl groups is 1. The largest absolute Gasteiger partial charge is 0.393 e. The standard InChI is InChI=1S/C15H28O/c1-3-5-6-7-8-9-14-12-13(4-2)10-11-15(14)16/h3,13-16H,1,4-12H2,2H3. The summed E-state index contributed by atoms with van der Waals surface area (Å²) in [6.45, 7) is 6.02. The maximum atomic E-state index is 9.97. The van der Waals surface area contributed by atoms with Crippen molar-refractivity contribution in [1.82, 2.24) is 0 Å². The molecule has 94 valence electrons. The van der Waals surface area contributed by atoms with E-state index in [0.717, 1.165) is 18.8 Å². The van der Waals surface area contributed by atoms with Crippen LogP contribution in [0.1, 0.15) is 64.7 Å². The lowest BCUT2D eigenvalue weighted by Crippen LogP contribution is -2.28. The van der Waals surface area contributed by atoms with Crippen molar-refractivity contribution >= 4 is 0 Å². The summed E-state index contributed by atoms with van der Waals surface area (Å²) in [5.41, 5.74) is 0. The molecule has 16 heavy (non-hydrogen) atoms. The summed E-state index contributed by atoms with van der Waals surface area (Å²) >= 11 is 0. The molecule has 1 heteroatoms. The second kappa shape index (κ2) is 7.89. The molecule has 0 aromatic carbocycles. The molecule has 1 saturated carbocycles. The molecule has 0 radical (unpaired) electrons. The molecular formula is C15H28O. The molecule has 1 fully saturated rings. The zero-order valence-corrected chi connectivity index (χ0v) is 10.8. The molecule has 3 unspecified atom stereocenters. The molecule has 0 aromatic rings. The Kier molecular flexibility index (Phi) is 6.79. The zero-order chi connectivity index (χ0) is 11.8. The Morgan fingerprint density at radius 2 is 2.06 bits per heavy atom. The number of hydrogen-bond acceptors (Lipinski definition) is 1. The van der Waals surface area contributed by atoms with Gasteiger partial charge in [0, 0.05) is 0 Å². The first-order valence-electron chi connectivity index (χ1n) is 7.06. The fourth-order valence-corrected chi connectivity index (χ4v) is 2.90. The second-order valence-electron chi connectivity index (χ2n) is 5.34. The fourth-order valence-electron chi connectivity index (χ4n) is 2.90. The number of aliphatic hydroxyl groups excluding tert-OH is 1.